The number of benzene rings is 2. The topological polar surface area (TPSA) is 40.5 Å². The quantitative estimate of drug-likeness (QED) is 0.180. The summed E-state index contributed by atoms with van der Waals surface area (Å²) in [6.07, 6.45) is 4.96. The fourth-order valence-electron chi connectivity index (χ4n) is 6.08. The second-order valence-corrected chi connectivity index (χ2v) is 12.6. The molecule has 1 aliphatic heterocycles. The van der Waals surface area contributed by atoms with Gasteiger partial charge in [0.25, 0.3) is 6.47 Å². The van der Waals surface area contributed by atoms with E-state index in [9.17, 15) is 30.7 Å². The van der Waals surface area contributed by atoms with Crippen LogP contribution >= 0.6 is 0 Å². The molecule has 1 unspecified atom stereocenters. The average Bonchev–Trinajstić information content (AvgIpc) is 3.45. The van der Waals surface area contributed by atoms with Crippen LogP contribution in [0.15, 0.2) is 48.5 Å². The molecule has 0 bridgehead atoms. The molecule has 3 nitrogen and oxygen atoms in total. The van der Waals surface area contributed by atoms with Crippen LogP contribution in [0.4, 0.5) is 30.7 Å². The zero-order chi connectivity index (χ0) is 35.3. The molecule has 1 aliphatic carbocycles. The highest BCUT2D eigenvalue weighted by Gasteiger charge is 2.38. The Morgan fingerprint density at radius 3 is 1.91 bits per heavy atom. The molecule has 47 heavy (non-hydrogen) atoms. The predicted molar refractivity (Wildman–Crippen MR) is 175 cm³/mol. The van der Waals surface area contributed by atoms with Gasteiger partial charge in [-0.1, -0.05) is 103 Å². The van der Waals surface area contributed by atoms with E-state index in [0.717, 1.165) is 56.1 Å². The molecule has 2 aliphatic rings. The molecule has 0 aromatic heterocycles. The molecule has 1 heterocycles. The summed E-state index contributed by atoms with van der Waals surface area (Å²) in [5.74, 6) is 2.41. The van der Waals surface area contributed by atoms with Crippen LogP contribution in [-0.2, 0) is 23.6 Å². The van der Waals surface area contributed by atoms with Crippen molar-refractivity contribution in [2.45, 2.75) is 117 Å². The molecule has 0 radical (unpaired) electrons. The van der Waals surface area contributed by atoms with Crippen LogP contribution in [-0.4, -0.2) is 36.1 Å². The second-order valence-electron chi connectivity index (χ2n) is 12.6. The van der Waals surface area contributed by atoms with Gasteiger partial charge in [-0.05, 0) is 86.4 Å². The first kappa shape index (κ1) is 42.4. The highest BCUT2D eigenvalue weighted by Crippen LogP contribution is 2.38. The third-order valence-electron chi connectivity index (χ3n) is 8.95. The molecule has 0 amide bonds. The standard InChI is InChI=1S/C18H24F6.C12H23N.C6H5F.CH2O2/c1-3-6-13(7-4-2)8-5-9-14-10-11-15(17(19,20)21)12-16(14)18(22,23)24;1-2-11-6-8-13(10-11)9-7-12-4-3-5-12;7-6-4-2-1-3-5-6;2-1-3/h10-13H,3-9H2,1-2H3;11-12H,2-10H2,1H3;1-5H;1H,(H,2,3). The maximum absolute atomic E-state index is 13.1. The van der Waals surface area contributed by atoms with Crippen molar-refractivity contribution in [3.8, 4) is 0 Å². The SMILES string of the molecule is CCC1CCN(CCC2CCC2)C1.CCCC(CCC)CCCc1ccc(C(F)(F)F)cc1C(F)(F)F.Fc1ccccc1.O=CO. The largest absolute Gasteiger partial charge is 0.483 e. The highest BCUT2D eigenvalue weighted by atomic mass is 19.4. The summed E-state index contributed by atoms with van der Waals surface area (Å²) >= 11 is 0. The van der Waals surface area contributed by atoms with Crippen molar-refractivity contribution in [2.24, 2.45) is 17.8 Å². The zero-order valence-electron chi connectivity index (χ0n) is 28.2. The Balaban J connectivity index is 0.000000394. The molecule has 2 aromatic carbocycles. The van der Waals surface area contributed by atoms with Gasteiger partial charge in [0.05, 0.1) is 11.1 Å². The van der Waals surface area contributed by atoms with Gasteiger partial charge in [0.15, 0.2) is 0 Å². The first-order chi connectivity index (χ1) is 22.3. The van der Waals surface area contributed by atoms with E-state index in [2.05, 4.69) is 25.7 Å². The van der Waals surface area contributed by atoms with E-state index in [0.29, 0.717) is 12.3 Å². The molecule has 2 aromatic rings. The third-order valence-corrected chi connectivity index (χ3v) is 8.95. The number of alkyl halides is 6. The summed E-state index contributed by atoms with van der Waals surface area (Å²) in [7, 11) is 0. The van der Waals surface area contributed by atoms with E-state index in [1.165, 1.54) is 70.3 Å². The van der Waals surface area contributed by atoms with E-state index >= 15 is 0 Å². The number of rotatable bonds is 12. The van der Waals surface area contributed by atoms with Gasteiger partial charge < -0.3 is 10.0 Å². The number of likely N-dealkylation sites (tertiary alicyclic amines) is 1. The summed E-state index contributed by atoms with van der Waals surface area (Å²) in [5, 5.41) is 6.89. The Bertz CT molecular complexity index is 1080. The first-order valence-corrected chi connectivity index (χ1v) is 17.1. The third kappa shape index (κ3) is 17.9. The molecule has 1 atom stereocenters. The fourth-order valence-corrected chi connectivity index (χ4v) is 6.08. The van der Waals surface area contributed by atoms with Crippen LogP contribution in [0.3, 0.4) is 0 Å². The van der Waals surface area contributed by atoms with Crippen molar-refractivity contribution >= 4 is 6.47 Å². The van der Waals surface area contributed by atoms with Gasteiger partial charge in [-0.25, -0.2) is 4.39 Å². The summed E-state index contributed by atoms with van der Waals surface area (Å²) in [6.45, 7) is 10.4. The van der Waals surface area contributed by atoms with Gasteiger partial charge in [-0.2, -0.15) is 26.3 Å². The van der Waals surface area contributed by atoms with Crippen molar-refractivity contribution in [1.29, 1.82) is 0 Å². The number of aryl methyl sites for hydroxylation is 1. The van der Waals surface area contributed by atoms with Crippen molar-refractivity contribution in [3.05, 3.63) is 71.0 Å². The van der Waals surface area contributed by atoms with E-state index in [1.807, 2.05) is 0 Å². The van der Waals surface area contributed by atoms with Crippen molar-refractivity contribution in [3.63, 3.8) is 0 Å². The van der Waals surface area contributed by atoms with Gasteiger partial charge in [0, 0.05) is 6.54 Å². The van der Waals surface area contributed by atoms with E-state index in [1.54, 1.807) is 18.2 Å². The smallest absolute Gasteiger partial charge is 0.416 e. The van der Waals surface area contributed by atoms with Crippen LogP contribution in [0.1, 0.15) is 115 Å². The lowest BCUT2D eigenvalue weighted by Gasteiger charge is -2.27. The second kappa shape index (κ2) is 22.9. The Labute approximate surface area is 276 Å². The minimum Gasteiger partial charge on any atom is -0.483 e. The first-order valence-electron chi connectivity index (χ1n) is 17.1. The van der Waals surface area contributed by atoms with E-state index in [4.69, 9.17) is 9.90 Å². The molecule has 1 saturated heterocycles. The molecule has 2 fully saturated rings. The number of nitrogens with zero attached hydrogens (tertiary/aromatic N) is 1. The fraction of sp³-hybridized carbons (Fsp3) is 0.649. The summed E-state index contributed by atoms with van der Waals surface area (Å²) in [4.78, 5) is 11.0. The van der Waals surface area contributed by atoms with Crippen LogP contribution in [0.25, 0.3) is 0 Å². The lowest BCUT2D eigenvalue weighted by atomic mass is 9.83. The molecular formula is C37H54F7NO2. The maximum Gasteiger partial charge on any atom is 0.416 e. The summed E-state index contributed by atoms with van der Waals surface area (Å²) in [6, 6.07) is 9.87. The van der Waals surface area contributed by atoms with E-state index < -0.39 is 23.5 Å². The molecular weight excluding hydrogens is 623 g/mol. The van der Waals surface area contributed by atoms with Crippen LogP contribution < -0.4 is 0 Å². The zero-order valence-corrected chi connectivity index (χ0v) is 28.2. The molecule has 268 valence electrons. The van der Waals surface area contributed by atoms with Crippen molar-refractivity contribution in [1.82, 2.24) is 4.90 Å². The van der Waals surface area contributed by atoms with E-state index in [-0.39, 0.29) is 30.3 Å². The molecule has 1 saturated carbocycles. The molecule has 4 rings (SSSR count). The Kier molecular flexibility index (Phi) is 20.6. The Morgan fingerprint density at radius 2 is 1.49 bits per heavy atom. The van der Waals surface area contributed by atoms with Crippen LogP contribution in [0.5, 0.6) is 0 Å². The molecule has 1 N–H and O–H groups in total. The van der Waals surface area contributed by atoms with Gasteiger partial charge in [-0.15, -0.1) is 0 Å². The normalized spacial score (nSPS) is 16.6. The summed E-state index contributed by atoms with van der Waals surface area (Å²) < 4.78 is 89.1. The van der Waals surface area contributed by atoms with Crippen LogP contribution in [0.2, 0.25) is 0 Å². The number of carbonyl (C=O) groups is 1. The number of halogens is 7. The van der Waals surface area contributed by atoms with Crippen LogP contribution in [0, 0.1) is 23.6 Å². The molecule has 10 heteroatoms. The van der Waals surface area contributed by atoms with Crippen molar-refractivity contribution < 1.29 is 40.6 Å². The Morgan fingerprint density at radius 1 is 0.872 bits per heavy atom. The maximum atomic E-state index is 13.1. The van der Waals surface area contributed by atoms with Gasteiger partial charge in [0.2, 0.25) is 0 Å². The Hall–Kier alpha value is -2.62. The van der Waals surface area contributed by atoms with Gasteiger partial charge in [-0.3, -0.25) is 4.79 Å². The lowest BCUT2D eigenvalue weighted by Crippen LogP contribution is -2.25. The summed E-state index contributed by atoms with van der Waals surface area (Å²) in [5.41, 5.74) is -2.48. The predicted octanol–water partition coefficient (Wildman–Crippen LogP) is 11.7. The minimum absolute atomic E-state index is 0.0535. The lowest BCUT2D eigenvalue weighted by molar-refractivity contribution is -0.143. The van der Waals surface area contributed by atoms with Gasteiger partial charge in [0.1, 0.15) is 5.82 Å². The highest BCUT2D eigenvalue weighted by molar-refractivity contribution is 5.35. The van der Waals surface area contributed by atoms with Crippen molar-refractivity contribution in [2.75, 3.05) is 19.6 Å². The average molecular weight is 678 g/mol. The monoisotopic (exact) mass is 677 g/mol. The minimum atomic E-state index is -4.77. The number of carboxylic acid groups (broad SMARTS) is 1. The molecule has 0 spiro atoms. The number of hydrogen-bond acceptors (Lipinski definition) is 2. The van der Waals surface area contributed by atoms with Gasteiger partial charge >= 0.3 is 12.4 Å². The number of hydrogen-bond donors (Lipinski definition) is 1.